The van der Waals surface area contributed by atoms with E-state index < -0.39 is 32.7 Å². The van der Waals surface area contributed by atoms with Crippen LogP contribution in [0.1, 0.15) is 11.1 Å². The lowest BCUT2D eigenvalue weighted by Crippen LogP contribution is -2.28. The Labute approximate surface area is 141 Å². The Bertz CT molecular complexity index is 866. The van der Waals surface area contributed by atoms with Gasteiger partial charge in [-0.15, -0.1) is 0 Å². The van der Waals surface area contributed by atoms with E-state index in [1.807, 2.05) is 0 Å². The van der Waals surface area contributed by atoms with Crippen molar-refractivity contribution in [3.05, 3.63) is 59.7 Å². The Hall–Kier alpha value is -2.75. The van der Waals surface area contributed by atoms with Crippen LogP contribution in [0.5, 0.6) is 0 Å². The summed E-state index contributed by atoms with van der Waals surface area (Å²) in [6.07, 6.45) is -4.80. The second kappa shape index (κ2) is 7.01. The lowest BCUT2D eigenvalue weighted by molar-refractivity contribution is -0.139. The topological polar surface area (TPSA) is 101 Å². The Kier molecular flexibility index (Phi) is 5.21. The number of benzene rings is 2. The largest absolute Gasteiger partial charge is 0.417 e. The minimum atomic E-state index is -4.80. The molecule has 0 saturated heterocycles. The molecule has 0 aliphatic carbocycles. The molecular weight excluding hydrogens is 359 g/mol. The average molecular weight is 373 g/mol. The van der Waals surface area contributed by atoms with Crippen molar-refractivity contribution in [2.45, 2.75) is 17.6 Å². The number of nitrogens with one attached hydrogen (secondary N) is 2. The number of alkyl halides is 3. The molecule has 0 bridgehead atoms. The number of urea groups is 1. The molecule has 0 saturated carbocycles. The third kappa shape index (κ3) is 4.86. The molecule has 0 atom stereocenters. The Morgan fingerprint density at radius 3 is 2.20 bits per heavy atom. The van der Waals surface area contributed by atoms with Gasteiger partial charge in [-0.1, -0.05) is 24.3 Å². The molecule has 2 rings (SSSR count). The molecule has 0 aromatic heterocycles. The second-order valence-electron chi connectivity index (χ2n) is 5.01. The number of amides is 2. The first kappa shape index (κ1) is 18.6. The third-order valence-electron chi connectivity index (χ3n) is 3.15. The van der Waals surface area contributed by atoms with Gasteiger partial charge in [-0.2, -0.15) is 13.2 Å². The molecule has 0 radical (unpaired) electrons. The molecule has 0 heterocycles. The smallest absolute Gasteiger partial charge is 0.352 e. The van der Waals surface area contributed by atoms with Gasteiger partial charge in [0.15, 0.2) is 0 Å². The summed E-state index contributed by atoms with van der Waals surface area (Å²) in [5, 5.41) is 2.35. The molecule has 2 aromatic carbocycles. The van der Waals surface area contributed by atoms with Crippen molar-refractivity contribution >= 4 is 21.7 Å². The fourth-order valence-corrected chi connectivity index (χ4v) is 3.31. The molecule has 0 aliphatic rings. The van der Waals surface area contributed by atoms with Crippen LogP contribution in [-0.4, -0.2) is 14.4 Å². The van der Waals surface area contributed by atoms with E-state index in [1.165, 1.54) is 30.3 Å². The van der Waals surface area contributed by atoms with Crippen molar-refractivity contribution in [3.8, 4) is 0 Å². The van der Waals surface area contributed by atoms with Crippen molar-refractivity contribution in [1.29, 1.82) is 0 Å². The van der Waals surface area contributed by atoms with Gasteiger partial charge in [-0.25, -0.2) is 13.2 Å². The van der Waals surface area contributed by atoms with Crippen LogP contribution in [0.15, 0.2) is 53.4 Å². The van der Waals surface area contributed by atoms with Crippen LogP contribution in [0, 0.1) is 0 Å². The van der Waals surface area contributed by atoms with E-state index in [1.54, 1.807) is 0 Å². The number of halogens is 3. The zero-order chi connectivity index (χ0) is 18.7. The molecule has 0 spiro atoms. The first-order valence-corrected chi connectivity index (χ1v) is 8.39. The normalized spacial score (nSPS) is 11.8. The van der Waals surface area contributed by atoms with Crippen LogP contribution in [0.4, 0.5) is 23.7 Å². The predicted molar refractivity (Wildman–Crippen MR) is 85.1 cm³/mol. The van der Waals surface area contributed by atoms with Gasteiger partial charge >= 0.3 is 12.2 Å². The summed E-state index contributed by atoms with van der Waals surface area (Å²) < 4.78 is 65.6. The number of sulfonamides is 1. The highest BCUT2D eigenvalue weighted by molar-refractivity contribution is 7.92. The molecule has 0 unspecified atom stereocenters. The molecule has 0 aliphatic heterocycles. The van der Waals surface area contributed by atoms with E-state index in [9.17, 15) is 26.4 Å². The summed E-state index contributed by atoms with van der Waals surface area (Å²) in [5.41, 5.74) is 4.41. The Balaban J connectivity index is 2.24. The van der Waals surface area contributed by atoms with E-state index in [4.69, 9.17) is 5.73 Å². The summed E-state index contributed by atoms with van der Waals surface area (Å²) in [6.45, 7) is 0.138. The zero-order valence-corrected chi connectivity index (χ0v) is 13.5. The zero-order valence-electron chi connectivity index (χ0n) is 12.7. The lowest BCUT2D eigenvalue weighted by atomic mass is 10.2. The first-order valence-electron chi connectivity index (χ1n) is 6.91. The van der Waals surface area contributed by atoms with Crippen molar-refractivity contribution in [3.63, 3.8) is 0 Å². The highest BCUT2D eigenvalue weighted by atomic mass is 32.2. The van der Waals surface area contributed by atoms with Gasteiger partial charge in [0.25, 0.3) is 10.0 Å². The average Bonchev–Trinajstić information content (AvgIpc) is 2.53. The van der Waals surface area contributed by atoms with Crippen LogP contribution >= 0.6 is 0 Å². The number of hydrogen-bond acceptors (Lipinski definition) is 3. The van der Waals surface area contributed by atoms with Crippen molar-refractivity contribution < 1.29 is 26.4 Å². The first-order chi connectivity index (χ1) is 11.6. The van der Waals surface area contributed by atoms with Crippen LogP contribution in [0.25, 0.3) is 0 Å². The van der Waals surface area contributed by atoms with Crippen LogP contribution in [0.3, 0.4) is 0 Å². The number of nitrogens with two attached hydrogens (primary N) is 1. The Morgan fingerprint density at radius 2 is 1.64 bits per heavy atom. The number of carbonyl (C=O) groups is 1. The summed E-state index contributed by atoms with van der Waals surface area (Å²) in [7, 11) is -4.43. The lowest BCUT2D eigenvalue weighted by Gasteiger charge is -2.14. The summed E-state index contributed by atoms with van der Waals surface area (Å²) in [6, 6.07) is 8.94. The van der Waals surface area contributed by atoms with Crippen molar-refractivity contribution in [2.75, 3.05) is 4.72 Å². The molecular formula is C15H14F3N3O3S. The fraction of sp³-hybridized carbons (Fsp3) is 0.133. The maximum Gasteiger partial charge on any atom is 0.417 e. The van der Waals surface area contributed by atoms with Crippen LogP contribution in [-0.2, 0) is 22.7 Å². The molecule has 0 fully saturated rings. The second-order valence-corrected chi connectivity index (χ2v) is 6.66. The molecule has 4 N–H and O–H groups in total. The van der Waals surface area contributed by atoms with E-state index in [-0.39, 0.29) is 12.2 Å². The minimum Gasteiger partial charge on any atom is -0.352 e. The number of rotatable bonds is 5. The molecule has 134 valence electrons. The highest BCUT2D eigenvalue weighted by Crippen LogP contribution is 2.34. The molecule has 10 heteroatoms. The minimum absolute atomic E-state index is 0.0832. The molecule has 25 heavy (non-hydrogen) atoms. The summed E-state index contributed by atoms with van der Waals surface area (Å²) in [4.78, 5) is 9.77. The maximum absolute atomic E-state index is 13.0. The number of primary amides is 1. The highest BCUT2D eigenvalue weighted by Gasteiger charge is 2.36. The Morgan fingerprint density at radius 1 is 1.04 bits per heavy atom. The quantitative estimate of drug-likeness (QED) is 0.751. The van der Waals surface area contributed by atoms with E-state index in [0.29, 0.717) is 11.6 Å². The summed E-state index contributed by atoms with van der Waals surface area (Å²) in [5.74, 6) is 0. The van der Waals surface area contributed by atoms with E-state index in [2.05, 4.69) is 10.0 Å². The van der Waals surface area contributed by atoms with Gasteiger partial charge in [-0.3, -0.25) is 4.72 Å². The predicted octanol–water partition coefficient (Wildman–Crippen LogP) is 2.67. The number of anilines is 1. The number of hydrogen-bond donors (Lipinski definition) is 3. The van der Waals surface area contributed by atoms with Crippen molar-refractivity contribution in [2.24, 2.45) is 5.73 Å². The van der Waals surface area contributed by atoms with Crippen LogP contribution < -0.4 is 15.8 Å². The van der Waals surface area contributed by atoms with E-state index in [0.717, 1.165) is 12.1 Å². The fourth-order valence-electron chi connectivity index (χ4n) is 2.03. The third-order valence-corrected chi connectivity index (χ3v) is 4.59. The van der Waals surface area contributed by atoms with Gasteiger partial charge < -0.3 is 11.1 Å². The molecule has 6 nitrogen and oxygen atoms in total. The van der Waals surface area contributed by atoms with Crippen molar-refractivity contribution in [1.82, 2.24) is 5.32 Å². The molecule has 2 aromatic rings. The maximum atomic E-state index is 13.0. The van der Waals surface area contributed by atoms with Crippen LogP contribution in [0.2, 0.25) is 0 Å². The monoisotopic (exact) mass is 373 g/mol. The summed E-state index contributed by atoms with van der Waals surface area (Å²) >= 11 is 0. The number of carbonyl (C=O) groups excluding carboxylic acids is 1. The van der Waals surface area contributed by atoms with Gasteiger partial charge in [0.1, 0.15) is 0 Å². The van der Waals surface area contributed by atoms with E-state index >= 15 is 0 Å². The molecule has 2 amide bonds. The van der Waals surface area contributed by atoms with Gasteiger partial charge in [0.05, 0.1) is 10.5 Å². The van der Waals surface area contributed by atoms with Gasteiger partial charge in [0.2, 0.25) is 0 Å². The van der Waals surface area contributed by atoms with Gasteiger partial charge in [-0.05, 0) is 29.8 Å². The standard InChI is InChI=1S/C15H14F3N3O3S/c16-15(17,18)12-3-1-2-4-13(12)25(23,24)21-11-7-5-10(6-8-11)9-20-14(19)22/h1-8,21H,9H2,(H3,19,20,22). The SMILES string of the molecule is NC(=O)NCc1ccc(NS(=O)(=O)c2ccccc2C(F)(F)F)cc1. The van der Waals surface area contributed by atoms with Gasteiger partial charge in [0, 0.05) is 12.2 Å².